The van der Waals surface area contributed by atoms with Crippen LogP contribution in [0, 0.1) is 11.7 Å². The number of rotatable bonds is 12. The van der Waals surface area contributed by atoms with Gasteiger partial charge in [-0.1, -0.05) is 0 Å². The molecule has 1 aromatic heterocycles. The summed E-state index contributed by atoms with van der Waals surface area (Å²) < 4.78 is 13.1. The van der Waals surface area contributed by atoms with Gasteiger partial charge in [-0.15, -0.1) is 0 Å². The van der Waals surface area contributed by atoms with Crippen LogP contribution in [0.2, 0.25) is 0 Å². The van der Waals surface area contributed by atoms with E-state index in [1.165, 1.54) is 25.0 Å². The first kappa shape index (κ1) is 28.6. The van der Waals surface area contributed by atoms with Gasteiger partial charge in [0.15, 0.2) is 5.78 Å². The Hall–Kier alpha value is -4.47. The van der Waals surface area contributed by atoms with Crippen molar-refractivity contribution in [1.29, 1.82) is 0 Å². The number of ketones is 1. The number of hydrogen-bond acceptors (Lipinski definition) is 7. The number of carbonyl (C=O) groups excluding carboxylic acids is 3. The Morgan fingerprint density at radius 1 is 0.907 bits per heavy atom. The fourth-order valence-corrected chi connectivity index (χ4v) is 6.30. The lowest BCUT2D eigenvalue weighted by Crippen LogP contribution is -2.50. The van der Waals surface area contributed by atoms with Gasteiger partial charge in [0.1, 0.15) is 11.6 Å². The van der Waals surface area contributed by atoms with E-state index in [1.807, 2.05) is 12.1 Å². The van der Waals surface area contributed by atoms with E-state index in [4.69, 9.17) is 5.73 Å². The third-order valence-corrected chi connectivity index (χ3v) is 8.75. The van der Waals surface area contributed by atoms with Crippen molar-refractivity contribution in [1.82, 2.24) is 10.3 Å². The summed E-state index contributed by atoms with van der Waals surface area (Å²) in [6.45, 7) is 1.22. The Bertz CT molecular complexity index is 1480. The van der Waals surface area contributed by atoms with Gasteiger partial charge >= 0.3 is 0 Å². The molecule has 2 bridgehead atoms. The number of nitrogens with one attached hydrogen (secondary N) is 3. The number of piperidine rings is 1. The molecule has 6 rings (SSSR count). The van der Waals surface area contributed by atoms with E-state index < -0.39 is 5.91 Å². The number of hydrogen-bond donors (Lipinski definition) is 4. The Morgan fingerprint density at radius 3 is 2.28 bits per heavy atom. The van der Waals surface area contributed by atoms with Crippen molar-refractivity contribution in [2.24, 2.45) is 11.7 Å². The van der Waals surface area contributed by atoms with Crippen LogP contribution in [0.15, 0.2) is 60.8 Å². The second-order valence-corrected chi connectivity index (χ2v) is 11.9. The molecule has 0 radical (unpaired) electrons. The van der Waals surface area contributed by atoms with Crippen LogP contribution < -0.4 is 26.6 Å². The molecule has 3 fully saturated rings. The topological polar surface area (TPSA) is 129 Å². The van der Waals surface area contributed by atoms with E-state index in [0.717, 1.165) is 43.7 Å². The maximum atomic E-state index is 13.2. The Kier molecular flexibility index (Phi) is 8.26. The summed E-state index contributed by atoms with van der Waals surface area (Å²) in [4.78, 5) is 44.8. The molecule has 3 heterocycles. The number of benzene rings is 2. The molecule has 3 atom stereocenters. The molecular formula is C33H37FN6O3. The highest BCUT2D eigenvalue weighted by atomic mass is 19.1. The van der Waals surface area contributed by atoms with Crippen molar-refractivity contribution in [3.8, 4) is 0 Å². The minimum atomic E-state index is -0.515. The van der Waals surface area contributed by atoms with E-state index in [-0.39, 0.29) is 35.6 Å². The van der Waals surface area contributed by atoms with Crippen LogP contribution in [0.25, 0.3) is 0 Å². The maximum Gasteiger partial charge on any atom is 0.251 e. The average molecular weight is 585 g/mol. The number of amides is 2. The summed E-state index contributed by atoms with van der Waals surface area (Å²) >= 11 is 0. The smallest absolute Gasteiger partial charge is 0.251 e. The average Bonchev–Trinajstić information content (AvgIpc) is 3.80. The fourth-order valence-electron chi connectivity index (χ4n) is 6.30. The summed E-state index contributed by atoms with van der Waals surface area (Å²) in [5, 5.41) is 9.66. The number of pyridine rings is 1. The number of fused-ring (bicyclic) bond motifs is 2. The molecule has 43 heavy (non-hydrogen) atoms. The highest BCUT2D eigenvalue weighted by molar-refractivity contribution is 6.02. The number of halogens is 1. The van der Waals surface area contributed by atoms with Gasteiger partial charge in [-0.2, -0.15) is 0 Å². The second-order valence-electron chi connectivity index (χ2n) is 11.9. The van der Waals surface area contributed by atoms with Crippen molar-refractivity contribution in [2.75, 3.05) is 28.6 Å². The zero-order chi connectivity index (χ0) is 29.9. The first-order chi connectivity index (χ1) is 20.8. The molecule has 1 unspecified atom stereocenters. The first-order valence-electron chi connectivity index (χ1n) is 15.1. The van der Waals surface area contributed by atoms with Gasteiger partial charge in [0.25, 0.3) is 11.8 Å². The second kappa shape index (κ2) is 12.4. The molecule has 0 spiro atoms. The normalized spacial score (nSPS) is 20.9. The van der Waals surface area contributed by atoms with Crippen LogP contribution in [-0.2, 0) is 0 Å². The molecule has 1 saturated carbocycles. The van der Waals surface area contributed by atoms with Crippen LogP contribution in [0.1, 0.15) is 76.0 Å². The Morgan fingerprint density at radius 2 is 1.63 bits per heavy atom. The predicted molar refractivity (Wildman–Crippen MR) is 164 cm³/mol. The van der Waals surface area contributed by atoms with Crippen LogP contribution in [-0.4, -0.2) is 53.8 Å². The van der Waals surface area contributed by atoms with Gasteiger partial charge in [-0.25, -0.2) is 9.37 Å². The van der Waals surface area contributed by atoms with E-state index in [2.05, 4.69) is 25.8 Å². The number of nitrogens with zero attached hydrogens (tertiary/aromatic N) is 2. The van der Waals surface area contributed by atoms with Gasteiger partial charge in [-0.05, 0) is 99.0 Å². The first-order valence-corrected chi connectivity index (χ1v) is 15.1. The van der Waals surface area contributed by atoms with E-state index in [9.17, 15) is 18.8 Å². The van der Waals surface area contributed by atoms with Gasteiger partial charge in [0.05, 0.1) is 5.56 Å². The van der Waals surface area contributed by atoms with Crippen molar-refractivity contribution in [2.45, 2.75) is 63.1 Å². The molecule has 2 aliphatic heterocycles. The van der Waals surface area contributed by atoms with Crippen molar-refractivity contribution in [3.05, 3.63) is 83.3 Å². The number of Topliss-reactive ketones (excluding diaryl/α,β-unsaturated/α-hetero) is 1. The zero-order valence-electron chi connectivity index (χ0n) is 24.0. The van der Waals surface area contributed by atoms with E-state index in [1.54, 1.807) is 36.5 Å². The zero-order valence-corrected chi connectivity index (χ0v) is 24.0. The summed E-state index contributed by atoms with van der Waals surface area (Å²) in [6.07, 6.45) is 7.97. The molecule has 224 valence electrons. The van der Waals surface area contributed by atoms with Crippen molar-refractivity contribution in [3.63, 3.8) is 0 Å². The summed E-state index contributed by atoms with van der Waals surface area (Å²) in [5.41, 5.74) is 8.40. The van der Waals surface area contributed by atoms with Gasteiger partial charge < -0.3 is 26.6 Å². The lowest BCUT2D eigenvalue weighted by atomic mass is 9.96. The lowest BCUT2D eigenvalue weighted by Gasteiger charge is -2.40. The Labute approximate surface area is 250 Å². The van der Waals surface area contributed by atoms with Crippen LogP contribution >= 0.6 is 0 Å². The highest BCUT2D eigenvalue weighted by Crippen LogP contribution is 2.39. The number of anilines is 3. The molecule has 1 aliphatic carbocycles. The largest absolute Gasteiger partial charge is 0.385 e. The number of aromatic nitrogens is 1. The molecule has 2 saturated heterocycles. The number of primary amides is 1. The summed E-state index contributed by atoms with van der Waals surface area (Å²) in [5.74, 6) is 0.493. The van der Waals surface area contributed by atoms with Crippen LogP contribution in [0.5, 0.6) is 0 Å². The number of nitrogens with two attached hydrogens (primary N) is 1. The SMILES string of the molecule is NC(=O)c1ccc(C(=O)NC2C[C@H]3CC[C@@H](C2)N3c2ccc(C(=O)CCNc3ccc(F)cc3)cn2)cc1NCC1CC1. The van der Waals surface area contributed by atoms with Gasteiger partial charge in [0.2, 0.25) is 0 Å². The van der Waals surface area contributed by atoms with Crippen LogP contribution in [0.3, 0.4) is 0 Å². The number of carbonyl (C=O) groups is 3. The van der Waals surface area contributed by atoms with Gasteiger partial charge in [-0.3, -0.25) is 14.4 Å². The fraction of sp³-hybridized carbons (Fsp3) is 0.394. The van der Waals surface area contributed by atoms with E-state index in [0.29, 0.717) is 41.3 Å². The molecule has 10 heteroatoms. The molecule has 2 aromatic carbocycles. The lowest BCUT2D eigenvalue weighted by molar-refractivity contribution is 0.0924. The molecule has 2 amide bonds. The third-order valence-electron chi connectivity index (χ3n) is 8.75. The quantitative estimate of drug-likeness (QED) is 0.226. The van der Waals surface area contributed by atoms with Crippen molar-refractivity contribution >= 4 is 34.8 Å². The molecule has 5 N–H and O–H groups in total. The molecular weight excluding hydrogens is 547 g/mol. The predicted octanol–water partition coefficient (Wildman–Crippen LogP) is 4.76. The monoisotopic (exact) mass is 584 g/mol. The standard InChI is InChI=1S/C33H37FN6O3/c34-23-5-7-24(8-6-23)36-14-13-30(41)22-4-12-31(38-19-22)40-26-9-10-27(40)17-25(16-26)39-33(43)21-3-11-28(32(35)42)29(15-21)37-18-20-1-2-20/h3-8,11-12,15,19-20,25-27,36-37H,1-2,9-10,13-14,16-18H2,(H2,35,42)(H,39,43)/t25?,26-,27+. The summed E-state index contributed by atoms with van der Waals surface area (Å²) in [6, 6.07) is 15.4. The molecule has 3 aromatic rings. The third kappa shape index (κ3) is 6.79. The van der Waals surface area contributed by atoms with E-state index >= 15 is 0 Å². The molecule has 3 aliphatic rings. The highest BCUT2D eigenvalue weighted by Gasteiger charge is 2.42. The van der Waals surface area contributed by atoms with Crippen LogP contribution in [0.4, 0.5) is 21.6 Å². The molecule has 9 nitrogen and oxygen atoms in total. The van der Waals surface area contributed by atoms with Gasteiger partial charge in [0, 0.05) is 66.3 Å². The van der Waals surface area contributed by atoms with Crippen molar-refractivity contribution < 1.29 is 18.8 Å². The Balaban J connectivity index is 1.03. The maximum absolute atomic E-state index is 13.2. The summed E-state index contributed by atoms with van der Waals surface area (Å²) in [7, 11) is 0. The minimum Gasteiger partial charge on any atom is -0.385 e. The minimum absolute atomic E-state index is 0.00666.